The van der Waals surface area contributed by atoms with Gasteiger partial charge in [0.2, 0.25) is 12.5 Å². The number of benzene rings is 1. The summed E-state index contributed by atoms with van der Waals surface area (Å²) in [7, 11) is 1.58. The lowest BCUT2D eigenvalue weighted by Crippen LogP contribution is -2.21. The molecule has 0 bridgehead atoms. The topological polar surface area (TPSA) is 68.8 Å². The van der Waals surface area contributed by atoms with Gasteiger partial charge in [0.15, 0.2) is 11.5 Å². The maximum atomic E-state index is 11.1. The summed E-state index contributed by atoms with van der Waals surface area (Å²) in [5, 5.41) is 5.52. The average Bonchev–Trinajstić information content (AvgIpc) is 2.95. The zero-order valence-corrected chi connectivity index (χ0v) is 9.28. The number of carbonyl (C=O) groups excluding carboxylic acids is 1. The Morgan fingerprint density at radius 3 is 3.00 bits per heavy atom. The fourth-order valence-corrected chi connectivity index (χ4v) is 2.01. The third kappa shape index (κ3) is 1.61. The first kappa shape index (κ1) is 10.1. The van der Waals surface area contributed by atoms with Gasteiger partial charge < -0.3 is 24.8 Å². The van der Waals surface area contributed by atoms with E-state index in [0.717, 1.165) is 5.56 Å². The monoisotopic (exact) mass is 236 g/mol. The van der Waals surface area contributed by atoms with E-state index >= 15 is 0 Å². The Labute approximate surface area is 97.8 Å². The number of fused-ring (bicyclic) bond motifs is 1. The summed E-state index contributed by atoms with van der Waals surface area (Å²) in [5.74, 6) is 1.89. The molecule has 2 aliphatic rings. The van der Waals surface area contributed by atoms with Gasteiger partial charge in [0.25, 0.3) is 0 Å². The first-order valence-electron chi connectivity index (χ1n) is 5.30. The molecule has 1 fully saturated rings. The minimum absolute atomic E-state index is 0.0640. The normalized spacial score (nSPS) is 21.0. The van der Waals surface area contributed by atoms with Crippen LogP contribution in [0.3, 0.4) is 0 Å². The second-order valence-electron chi connectivity index (χ2n) is 3.86. The minimum Gasteiger partial charge on any atom is -0.493 e. The SMILES string of the molecule is COc1cc(C2CNC(=O)N2)cc2c1OCO2. The van der Waals surface area contributed by atoms with Crippen LogP contribution < -0.4 is 24.8 Å². The van der Waals surface area contributed by atoms with E-state index in [0.29, 0.717) is 23.8 Å². The zero-order valence-electron chi connectivity index (χ0n) is 9.28. The molecule has 2 aliphatic heterocycles. The Morgan fingerprint density at radius 1 is 1.41 bits per heavy atom. The van der Waals surface area contributed by atoms with Gasteiger partial charge in [-0.3, -0.25) is 0 Å². The van der Waals surface area contributed by atoms with Gasteiger partial charge in [0.05, 0.1) is 13.2 Å². The summed E-state index contributed by atoms with van der Waals surface area (Å²) in [6.07, 6.45) is 0. The smallest absolute Gasteiger partial charge is 0.315 e. The second-order valence-corrected chi connectivity index (χ2v) is 3.86. The molecule has 3 rings (SSSR count). The highest BCUT2D eigenvalue weighted by molar-refractivity contribution is 5.77. The standard InChI is InChI=1S/C11H12N2O4/c1-15-8-2-6(7-4-12-11(14)13-7)3-9-10(8)17-5-16-9/h2-3,7H,4-5H2,1H3,(H2,12,13,14). The molecule has 2 amide bonds. The number of hydrogen-bond donors (Lipinski definition) is 2. The van der Waals surface area contributed by atoms with Crippen LogP contribution in [0.15, 0.2) is 12.1 Å². The van der Waals surface area contributed by atoms with Crippen molar-refractivity contribution in [1.82, 2.24) is 10.6 Å². The Bertz CT molecular complexity index is 475. The molecule has 1 unspecified atom stereocenters. The molecule has 17 heavy (non-hydrogen) atoms. The van der Waals surface area contributed by atoms with Crippen LogP contribution in [0.2, 0.25) is 0 Å². The molecule has 0 aromatic heterocycles. The van der Waals surface area contributed by atoms with E-state index in [9.17, 15) is 4.79 Å². The number of carbonyl (C=O) groups is 1. The van der Waals surface area contributed by atoms with Gasteiger partial charge in [-0.15, -0.1) is 0 Å². The Kier molecular flexibility index (Phi) is 2.21. The van der Waals surface area contributed by atoms with Gasteiger partial charge in [-0.25, -0.2) is 4.79 Å². The van der Waals surface area contributed by atoms with Crippen LogP contribution in [-0.4, -0.2) is 26.5 Å². The third-order valence-electron chi connectivity index (χ3n) is 2.86. The molecule has 0 spiro atoms. The largest absolute Gasteiger partial charge is 0.493 e. The molecule has 6 nitrogen and oxygen atoms in total. The molecule has 0 radical (unpaired) electrons. The molecule has 2 N–H and O–H groups in total. The maximum absolute atomic E-state index is 11.1. The van der Waals surface area contributed by atoms with E-state index in [-0.39, 0.29) is 18.9 Å². The van der Waals surface area contributed by atoms with Crippen LogP contribution in [-0.2, 0) is 0 Å². The molecule has 0 saturated carbocycles. The van der Waals surface area contributed by atoms with Gasteiger partial charge in [0.1, 0.15) is 0 Å². The molecule has 6 heteroatoms. The lowest BCUT2D eigenvalue weighted by Gasteiger charge is -2.12. The predicted molar refractivity (Wildman–Crippen MR) is 58.4 cm³/mol. The third-order valence-corrected chi connectivity index (χ3v) is 2.86. The highest BCUT2D eigenvalue weighted by Crippen LogP contribution is 2.43. The summed E-state index contributed by atoms with van der Waals surface area (Å²) < 4.78 is 15.9. The molecule has 1 atom stereocenters. The number of hydrogen-bond acceptors (Lipinski definition) is 4. The Morgan fingerprint density at radius 2 is 2.29 bits per heavy atom. The van der Waals surface area contributed by atoms with Gasteiger partial charge in [-0.05, 0) is 17.7 Å². The minimum atomic E-state index is -0.161. The van der Waals surface area contributed by atoms with Crippen molar-refractivity contribution in [2.45, 2.75) is 6.04 Å². The molecule has 90 valence electrons. The van der Waals surface area contributed by atoms with Crippen LogP contribution in [0.5, 0.6) is 17.2 Å². The predicted octanol–water partition coefficient (Wildman–Crippen LogP) is 0.778. The van der Waals surface area contributed by atoms with E-state index in [1.165, 1.54) is 0 Å². The lowest BCUT2D eigenvalue weighted by atomic mass is 10.1. The molecule has 2 heterocycles. The highest BCUT2D eigenvalue weighted by Gasteiger charge is 2.26. The van der Waals surface area contributed by atoms with E-state index in [2.05, 4.69) is 10.6 Å². The van der Waals surface area contributed by atoms with Crippen molar-refractivity contribution in [3.8, 4) is 17.2 Å². The average molecular weight is 236 g/mol. The van der Waals surface area contributed by atoms with Crippen molar-refractivity contribution in [2.75, 3.05) is 20.4 Å². The fourth-order valence-electron chi connectivity index (χ4n) is 2.01. The number of methoxy groups -OCH3 is 1. The summed E-state index contributed by atoms with van der Waals surface area (Å²) >= 11 is 0. The fraction of sp³-hybridized carbons (Fsp3) is 0.364. The zero-order chi connectivity index (χ0) is 11.8. The van der Waals surface area contributed by atoms with Gasteiger partial charge in [-0.2, -0.15) is 0 Å². The van der Waals surface area contributed by atoms with Crippen LogP contribution in [0, 0.1) is 0 Å². The molecule has 1 aromatic rings. The Hall–Kier alpha value is -2.11. The van der Waals surface area contributed by atoms with Gasteiger partial charge >= 0.3 is 6.03 Å². The van der Waals surface area contributed by atoms with Crippen molar-refractivity contribution in [2.24, 2.45) is 0 Å². The molecule has 1 aromatic carbocycles. The number of nitrogens with one attached hydrogen (secondary N) is 2. The molecular weight excluding hydrogens is 224 g/mol. The molecule has 0 aliphatic carbocycles. The summed E-state index contributed by atoms with van der Waals surface area (Å²) in [5.41, 5.74) is 0.935. The highest BCUT2D eigenvalue weighted by atomic mass is 16.7. The first-order chi connectivity index (χ1) is 8.28. The van der Waals surface area contributed by atoms with Crippen LogP contribution >= 0.6 is 0 Å². The molecule has 1 saturated heterocycles. The van der Waals surface area contributed by atoms with Gasteiger partial charge in [0, 0.05) is 6.54 Å². The van der Waals surface area contributed by atoms with Crippen LogP contribution in [0.4, 0.5) is 4.79 Å². The van der Waals surface area contributed by atoms with Gasteiger partial charge in [-0.1, -0.05) is 0 Å². The first-order valence-corrected chi connectivity index (χ1v) is 5.30. The van der Waals surface area contributed by atoms with Crippen molar-refractivity contribution >= 4 is 6.03 Å². The second kappa shape index (κ2) is 3.73. The quantitative estimate of drug-likeness (QED) is 0.796. The number of amides is 2. The summed E-state index contributed by atoms with van der Waals surface area (Å²) in [4.78, 5) is 11.1. The van der Waals surface area contributed by atoms with Crippen molar-refractivity contribution in [3.63, 3.8) is 0 Å². The summed E-state index contributed by atoms with van der Waals surface area (Å²) in [6.45, 7) is 0.756. The van der Waals surface area contributed by atoms with Crippen molar-refractivity contribution in [1.29, 1.82) is 0 Å². The van der Waals surface area contributed by atoms with Crippen molar-refractivity contribution in [3.05, 3.63) is 17.7 Å². The maximum Gasteiger partial charge on any atom is 0.315 e. The van der Waals surface area contributed by atoms with E-state index in [1.807, 2.05) is 12.1 Å². The Balaban J connectivity index is 1.98. The van der Waals surface area contributed by atoms with E-state index in [4.69, 9.17) is 14.2 Å². The van der Waals surface area contributed by atoms with E-state index in [1.54, 1.807) is 7.11 Å². The number of rotatable bonds is 2. The van der Waals surface area contributed by atoms with Crippen LogP contribution in [0.1, 0.15) is 11.6 Å². The number of ether oxygens (including phenoxy) is 3. The number of urea groups is 1. The molecular formula is C11H12N2O4. The summed E-state index contributed by atoms with van der Waals surface area (Å²) in [6, 6.07) is 3.49. The lowest BCUT2D eigenvalue weighted by molar-refractivity contribution is 0.171. The van der Waals surface area contributed by atoms with Crippen LogP contribution in [0.25, 0.3) is 0 Å². The van der Waals surface area contributed by atoms with Crippen molar-refractivity contribution < 1.29 is 19.0 Å². The van der Waals surface area contributed by atoms with E-state index < -0.39 is 0 Å².